The van der Waals surface area contributed by atoms with Gasteiger partial charge in [0, 0.05) is 17.5 Å². The first-order valence-electron chi connectivity index (χ1n) is 7.29. The highest BCUT2D eigenvalue weighted by Gasteiger charge is 2.39. The molecule has 0 aliphatic heterocycles. The van der Waals surface area contributed by atoms with E-state index in [1.165, 1.54) is 36.4 Å². The van der Waals surface area contributed by atoms with Gasteiger partial charge in [0.05, 0.1) is 10.9 Å². The molecule has 0 saturated heterocycles. The Morgan fingerprint density at radius 3 is 2.35 bits per heavy atom. The van der Waals surface area contributed by atoms with E-state index in [1.54, 1.807) is 0 Å². The molecule has 0 atom stereocenters. The van der Waals surface area contributed by atoms with Crippen LogP contribution in [-0.4, -0.2) is 5.97 Å². The van der Waals surface area contributed by atoms with Crippen molar-refractivity contribution in [3.05, 3.63) is 62.9 Å². The molecule has 1 heterocycles. The van der Waals surface area contributed by atoms with E-state index in [-0.39, 0.29) is 22.3 Å². The molecule has 3 aromatic rings. The second kappa shape index (κ2) is 6.60. The topological polar surface area (TPSA) is 56.5 Å². The summed E-state index contributed by atoms with van der Waals surface area (Å²) in [6, 6.07) is 9.51. The summed E-state index contributed by atoms with van der Waals surface area (Å²) in [5.74, 6) is -2.07. The largest absolute Gasteiger partial charge is 0.450 e. The van der Waals surface area contributed by atoms with Gasteiger partial charge in [-0.25, -0.2) is 0 Å². The van der Waals surface area contributed by atoms with Crippen LogP contribution in [0.5, 0.6) is 5.75 Å². The molecule has 0 saturated carbocycles. The quantitative estimate of drug-likeness (QED) is 0.419. The molecule has 1 aromatic heterocycles. The molecule has 0 fully saturated rings. The van der Waals surface area contributed by atoms with Gasteiger partial charge in [0.1, 0.15) is 11.3 Å². The highest BCUT2D eigenvalue weighted by atomic mass is 79.9. The molecule has 0 bridgehead atoms. The van der Waals surface area contributed by atoms with Gasteiger partial charge in [-0.15, -0.1) is 0 Å². The number of ether oxygens (including phenoxy) is 1. The standard InChI is InChI=1S/C18H10BrF3O4/c1-9(23)25-12-6-7-13-14(8-12)26-17(18(20,21)22)15(16(13)24)10-2-4-11(19)5-3-10/h2-8H,1H3. The summed E-state index contributed by atoms with van der Waals surface area (Å²) in [7, 11) is 0. The maximum Gasteiger partial charge on any atom is 0.450 e. The number of halogens is 4. The van der Waals surface area contributed by atoms with E-state index < -0.39 is 28.9 Å². The fraction of sp³-hybridized carbons (Fsp3) is 0.111. The molecular formula is C18H10BrF3O4. The van der Waals surface area contributed by atoms with E-state index in [4.69, 9.17) is 9.15 Å². The van der Waals surface area contributed by atoms with E-state index >= 15 is 0 Å². The number of rotatable bonds is 2. The van der Waals surface area contributed by atoms with E-state index in [0.717, 1.165) is 13.0 Å². The van der Waals surface area contributed by atoms with Crippen molar-refractivity contribution in [2.45, 2.75) is 13.1 Å². The molecular weight excluding hydrogens is 417 g/mol. The third-order valence-corrected chi connectivity index (χ3v) is 4.04. The van der Waals surface area contributed by atoms with E-state index in [2.05, 4.69) is 15.9 Å². The van der Waals surface area contributed by atoms with E-state index in [9.17, 15) is 22.8 Å². The summed E-state index contributed by atoms with van der Waals surface area (Å²) in [6.07, 6.45) is -4.88. The first kappa shape index (κ1) is 18.2. The van der Waals surface area contributed by atoms with Crippen molar-refractivity contribution in [3.63, 3.8) is 0 Å². The summed E-state index contributed by atoms with van der Waals surface area (Å²) in [5.41, 5.74) is -1.63. The lowest BCUT2D eigenvalue weighted by Gasteiger charge is -2.13. The van der Waals surface area contributed by atoms with Gasteiger partial charge >= 0.3 is 12.1 Å². The minimum absolute atomic E-state index is 0.0160. The Kier molecular flexibility index (Phi) is 4.62. The Labute approximate surface area is 153 Å². The molecule has 26 heavy (non-hydrogen) atoms. The molecule has 0 amide bonds. The van der Waals surface area contributed by atoms with Crippen LogP contribution in [0.25, 0.3) is 22.1 Å². The molecule has 134 valence electrons. The van der Waals surface area contributed by atoms with Crippen LogP contribution in [0.1, 0.15) is 12.7 Å². The third-order valence-electron chi connectivity index (χ3n) is 3.52. The molecule has 8 heteroatoms. The minimum atomic E-state index is -4.88. The number of hydrogen-bond acceptors (Lipinski definition) is 4. The average molecular weight is 427 g/mol. The van der Waals surface area contributed by atoms with Crippen LogP contribution in [0.4, 0.5) is 13.2 Å². The monoisotopic (exact) mass is 426 g/mol. The van der Waals surface area contributed by atoms with Crippen molar-refractivity contribution in [1.82, 2.24) is 0 Å². The Balaban J connectivity index is 2.33. The van der Waals surface area contributed by atoms with Gasteiger partial charge in [0.25, 0.3) is 0 Å². The first-order valence-corrected chi connectivity index (χ1v) is 8.08. The number of benzene rings is 2. The summed E-state index contributed by atoms with van der Waals surface area (Å²) < 4.78 is 51.0. The number of hydrogen-bond donors (Lipinski definition) is 0. The lowest BCUT2D eigenvalue weighted by atomic mass is 10.0. The molecule has 0 radical (unpaired) electrons. The molecule has 0 N–H and O–H groups in total. The maximum atomic E-state index is 13.5. The zero-order valence-corrected chi connectivity index (χ0v) is 14.8. The van der Waals surface area contributed by atoms with E-state index in [1.807, 2.05) is 0 Å². The highest BCUT2D eigenvalue weighted by molar-refractivity contribution is 9.10. The van der Waals surface area contributed by atoms with Crippen molar-refractivity contribution in [3.8, 4) is 16.9 Å². The fourth-order valence-electron chi connectivity index (χ4n) is 2.48. The van der Waals surface area contributed by atoms with Gasteiger partial charge < -0.3 is 9.15 Å². The minimum Gasteiger partial charge on any atom is -0.450 e. The van der Waals surface area contributed by atoms with Crippen LogP contribution >= 0.6 is 15.9 Å². The zero-order chi connectivity index (χ0) is 19.1. The van der Waals surface area contributed by atoms with Crippen molar-refractivity contribution < 1.29 is 27.1 Å². The molecule has 0 spiro atoms. The Hall–Kier alpha value is -2.61. The summed E-state index contributed by atoms with van der Waals surface area (Å²) >= 11 is 3.20. The van der Waals surface area contributed by atoms with Crippen LogP contribution in [0, 0.1) is 0 Å². The summed E-state index contributed by atoms with van der Waals surface area (Å²) in [5, 5.41) is -0.0492. The molecule has 0 unspecified atom stereocenters. The van der Waals surface area contributed by atoms with Crippen molar-refractivity contribution in [1.29, 1.82) is 0 Å². The van der Waals surface area contributed by atoms with Gasteiger partial charge in [0.2, 0.25) is 11.2 Å². The molecule has 2 aromatic carbocycles. The normalized spacial score (nSPS) is 11.6. The fourth-order valence-corrected chi connectivity index (χ4v) is 2.75. The number of alkyl halides is 3. The number of esters is 1. The third kappa shape index (κ3) is 3.50. The molecule has 4 nitrogen and oxygen atoms in total. The van der Waals surface area contributed by atoms with Crippen molar-refractivity contribution >= 4 is 32.9 Å². The predicted molar refractivity (Wildman–Crippen MR) is 91.9 cm³/mol. The molecule has 0 aliphatic carbocycles. The lowest BCUT2D eigenvalue weighted by Crippen LogP contribution is -2.16. The zero-order valence-electron chi connectivity index (χ0n) is 13.2. The molecule has 0 aliphatic rings. The van der Waals surface area contributed by atoms with Crippen LogP contribution in [-0.2, 0) is 11.0 Å². The average Bonchev–Trinajstić information content (AvgIpc) is 2.54. The van der Waals surface area contributed by atoms with Gasteiger partial charge in [-0.3, -0.25) is 9.59 Å². The van der Waals surface area contributed by atoms with Gasteiger partial charge in [0.15, 0.2) is 0 Å². The summed E-state index contributed by atoms with van der Waals surface area (Å²) in [6.45, 7) is 1.15. The van der Waals surface area contributed by atoms with Gasteiger partial charge in [-0.1, -0.05) is 28.1 Å². The van der Waals surface area contributed by atoms with E-state index in [0.29, 0.717) is 4.47 Å². The predicted octanol–water partition coefficient (Wildman–Crippen LogP) is 5.17. The van der Waals surface area contributed by atoms with Crippen LogP contribution < -0.4 is 10.2 Å². The molecule has 3 rings (SSSR count). The Morgan fingerprint density at radius 2 is 1.77 bits per heavy atom. The second-order valence-electron chi connectivity index (χ2n) is 5.39. The smallest absolute Gasteiger partial charge is 0.450 e. The first-order chi connectivity index (χ1) is 12.2. The Bertz CT molecular complexity index is 1050. The van der Waals surface area contributed by atoms with Crippen LogP contribution in [0.3, 0.4) is 0 Å². The SMILES string of the molecule is CC(=O)Oc1ccc2c(=O)c(-c3ccc(Br)cc3)c(C(F)(F)F)oc2c1. The lowest BCUT2D eigenvalue weighted by molar-refractivity contribution is -0.152. The van der Waals surface area contributed by atoms with Crippen LogP contribution in [0.2, 0.25) is 0 Å². The van der Waals surface area contributed by atoms with Crippen LogP contribution in [0.15, 0.2) is 56.1 Å². The maximum absolute atomic E-state index is 13.5. The number of carbonyl (C=O) groups is 1. The number of fused-ring (bicyclic) bond motifs is 1. The highest BCUT2D eigenvalue weighted by Crippen LogP contribution is 2.38. The number of carbonyl (C=O) groups excluding carboxylic acids is 1. The van der Waals surface area contributed by atoms with Gasteiger partial charge in [-0.2, -0.15) is 13.2 Å². The summed E-state index contributed by atoms with van der Waals surface area (Å²) in [4.78, 5) is 23.7. The van der Waals surface area contributed by atoms with Crippen molar-refractivity contribution in [2.24, 2.45) is 0 Å². The second-order valence-corrected chi connectivity index (χ2v) is 6.31. The van der Waals surface area contributed by atoms with Gasteiger partial charge in [-0.05, 0) is 29.8 Å². The Morgan fingerprint density at radius 1 is 1.12 bits per heavy atom. The van der Waals surface area contributed by atoms with Crippen molar-refractivity contribution in [2.75, 3.05) is 0 Å².